The molecule has 0 atom stereocenters. The van der Waals surface area contributed by atoms with Crippen molar-refractivity contribution in [3.8, 4) is 0 Å². The average Bonchev–Trinajstić information content (AvgIpc) is 3.18. The van der Waals surface area contributed by atoms with Gasteiger partial charge in [-0.1, -0.05) is 60.7 Å². The Morgan fingerprint density at radius 2 is 1.53 bits per heavy atom. The van der Waals surface area contributed by atoms with Crippen molar-refractivity contribution in [2.45, 2.75) is 30.8 Å². The topological polar surface area (TPSA) is 92.3 Å². The summed E-state index contributed by atoms with van der Waals surface area (Å²) in [6.45, 7) is 4.03. The molecule has 1 aromatic heterocycles. The van der Waals surface area contributed by atoms with Crippen molar-refractivity contribution in [3.05, 3.63) is 95.1 Å². The lowest BCUT2D eigenvalue weighted by molar-refractivity contribution is -0.146. The molecule has 0 aliphatic rings. The summed E-state index contributed by atoms with van der Waals surface area (Å²) in [6, 6.07) is 21.7. The van der Waals surface area contributed by atoms with E-state index >= 15 is 0 Å². The van der Waals surface area contributed by atoms with Crippen LogP contribution in [0.15, 0.2) is 78.0 Å². The van der Waals surface area contributed by atoms with Crippen LogP contribution in [-0.2, 0) is 19.2 Å². The number of imidazole rings is 1. The fourth-order valence-electron chi connectivity index (χ4n) is 3.78. The molecule has 3 aromatic carbocycles. The fourth-order valence-corrected chi connectivity index (χ4v) is 4.37. The fraction of sp³-hybridized carbons (Fsp3) is 0.160. The minimum atomic E-state index is -1.50. The maximum atomic E-state index is 13.6. The molecule has 1 heterocycles. The molecule has 2 N–H and O–H groups in total. The van der Waals surface area contributed by atoms with Crippen LogP contribution >= 0.6 is 12.0 Å². The molecule has 162 valence electrons. The number of carboxylic acids is 1. The Balaban J connectivity index is 1.71. The van der Waals surface area contributed by atoms with Crippen LogP contribution in [0.1, 0.15) is 28.7 Å². The van der Waals surface area contributed by atoms with E-state index in [0.29, 0.717) is 16.3 Å². The van der Waals surface area contributed by atoms with E-state index in [0.717, 1.165) is 34.2 Å². The number of hydrogen-bond donors (Lipinski definition) is 2. The molecule has 32 heavy (non-hydrogen) atoms. The smallest absolute Gasteiger partial charge is 0.334 e. The minimum Gasteiger partial charge on any atom is -0.481 e. The highest BCUT2D eigenvalue weighted by Gasteiger charge is 2.46. The summed E-state index contributed by atoms with van der Waals surface area (Å²) in [5, 5.41) is 10.1. The van der Waals surface area contributed by atoms with Crippen LogP contribution in [0.2, 0.25) is 0 Å². The zero-order valence-electron chi connectivity index (χ0n) is 17.7. The molecular weight excluding hydrogens is 424 g/mol. The molecule has 0 aliphatic heterocycles. The van der Waals surface area contributed by atoms with Crippen molar-refractivity contribution in [1.82, 2.24) is 9.97 Å². The van der Waals surface area contributed by atoms with E-state index in [1.807, 2.05) is 38.1 Å². The molecule has 0 saturated heterocycles. The van der Waals surface area contributed by atoms with Crippen LogP contribution in [0.3, 0.4) is 0 Å². The number of aromatic amines is 1. The lowest BCUT2D eigenvalue weighted by atomic mass is 9.72. The average molecular weight is 447 g/mol. The van der Waals surface area contributed by atoms with E-state index < -0.39 is 23.8 Å². The van der Waals surface area contributed by atoms with Crippen LogP contribution in [0.4, 0.5) is 0 Å². The first-order valence-corrected chi connectivity index (χ1v) is 10.8. The molecule has 0 saturated carbocycles. The molecule has 0 fully saturated rings. The molecule has 4 aromatic rings. The summed E-state index contributed by atoms with van der Waals surface area (Å²) in [5.41, 5.74) is 3.46. The van der Waals surface area contributed by atoms with E-state index in [2.05, 4.69) is 9.97 Å². The third-order valence-corrected chi connectivity index (χ3v) is 6.16. The lowest BCUT2D eigenvalue weighted by Gasteiger charge is -2.30. The Kier molecular flexibility index (Phi) is 6.01. The normalized spacial score (nSPS) is 11.4. The Labute approximate surface area is 189 Å². The molecule has 0 radical (unpaired) electrons. The second-order valence-electron chi connectivity index (χ2n) is 7.66. The first-order valence-electron chi connectivity index (χ1n) is 10.1. The van der Waals surface area contributed by atoms with Gasteiger partial charge in [-0.05, 0) is 48.2 Å². The number of aliphatic carboxylic acids is 1. The van der Waals surface area contributed by atoms with E-state index in [9.17, 15) is 14.7 Å². The molecule has 4 rings (SSSR count). The third-order valence-electron chi connectivity index (χ3n) is 5.57. The van der Waals surface area contributed by atoms with Gasteiger partial charge in [0.15, 0.2) is 0 Å². The van der Waals surface area contributed by atoms with E-state index in [1.54, 1.807) is 48.5 Å². The number of H-pyrrole nitrogens is 1. The quantitative estimate of drug-likeness (QED) is 0.380. The van der Waals surface area contributed by atoms with Gasteiger partial charge >= 0.3 is 11.9 Å². The summed E-state index contributed by atoms with van der Waals surface area (Å²) in [6.07, 6.45) is -0.445. The van der Waals surface area contributed by atoms with Gasteiger partial charge in [0, 0.05) is 0 Å². The Hall–Kier alpha value is -3.58. The zero-order chi connectivity index (χ0) is 22.7. The monoisotopic (exact) mass is 446 g/mol. The van der Waals surface area contributed by atoms with Crippen molar-refractivity contribution < 1.29 is 18.9 Å². The third kappa shape index (κ3) is 4.11. The van der Waals surface area contributed by atoms with Crippen LogP contribution in [0.5, 0.6) is 0 Å². The van der Waals surface area contributed by atoms with Crippen LogP contribution in [0, 0.1) is 13.8 Å². The molecule has 6 nitrogen and oxygen atoms in total. The Morgan fingerprint density at radius 1 is 0.969 bits per heavy atom. The van der Waals surface area contributed by atoms with Gasteiger partial charge in [0.1, 0.15) is 17.5 Å². The van der Waals surface area contributed by atoms with Crippen molar-refractivity contribution in [1.29, 1.82) is 0 Å². The number of aryl methyl sites for hydroxylation is 2. The largest absolute Gasteiger partial charge is 0.481 e. The number of nitrogens with one attached hydrogen (secondary N) is 1. The summed E-state index contributed by atoms with van der Waals surface area (Å²) in [7, 11) is 0. The number of hydrogen-bond acceptors (Lipinski definition) is 5. The molecular formula is C25H22N2O4S. The predicted molar refractivity (Wildman–Crippen MR) is 123 cm³/mol. The van der Waals surface area contributed by atoms with Gasteiger partial charge in [0.05, 0.1) is 17.5 Å². The van der Waals surface area contributed by atoms with Crippen molar-refractivity contribution in [3.63, 3.8) is 0 Å². The number of aromatic nitrogens is 2. The highest BCUT2D eigenvalue weighted by atomic mass is 32.2. The zero-order valence-corrected chi connectivity index (χ0v) is 18.5. The standard InChI is InChI=1S/C25H22N2O4S/c1-16-13-20-21(14-17(16)2)27-24(26-20)32-31-23(30)25(15-22(28)29,18-9-5-3-6-10-18)19-11-7-4-8-12-19/h3-14H,15H2,1-2H3,(H,26,27)(H,28,29). The van der Waals surface area contributed by atoms with E-state index in [-0.39, 0.29) is 0 Å². The molecule has 0 bridgehead atoms. The van der Waals surface area contributed by atoms with Gasteiger partial charge < -0.3 is 14.3 Å². The van der Waals surface area contributed by atoms with Gasteiger partial charge in [-0.25, -0.2) is 9.78 Å². The van der Waals surface area contributed by atoms with Crippen molar-refractivity contribution in [2.24, 2.45) is 0 Å². The number of nitrogens with zero attached hydrogens (tertiary/aromatic N) is 1. The second-order valence-corrected chi connectivity index (χ2v) is 8.38. The number of fused-ring (bicyclic) bond motifs is 1. The highest BCUT2D eigenvalue weighted by Crippen LogP contribution is 2.39. The summed E-state index contributed by atoms with van der Waals surface area (Å²) >= 11 is 0.800. The highest BCUT2D eigenvalue weighted by molar-refractivity contribution is 7.94. The van der Waals surface area contributed by atoms with Gasteiger partial charge in [-0.3, -0.25) is 4.79 Å². The lowest BCUT2D eigenvalue weighted by Crippen LogP contribution is -2.40. The van der Waals surface area contributed by atoms with Crippen LogP contribution in [-0.4, -0.2) is 27.0 Å². The Bertz CT molecular complexity index is 1190. The molecule has 0 unspecified atom stereocenters. The Morgan fingerprint density at radius 3 is 2.09 bits per heavy atom. The summed E-state index contributed by atoms with van der Waals surface area (Å²) < 4.78 is 5.61. The second kappa shape index (κ2) is 8.88. The van der Waals surface area contributed by atoms with Gasteiger partial charge in [-0.15, -0.1) is 0 Å². The van der Waals surface area contributed by atoms with Crippen LogP contribution in [0.25, 0.3) is 11.0 Å². The minimum absolute atomic E-state index is 0.420. The van der Waals surface area contributed by atoms with Gasteiger partial charge in [0.2, 0.25) is 5.16 Å². The number of benzene rings is 3. The summed E-state index contributed by atoms with van der Waals surface area (Å²) in [5.74, 6) is -1.77. The molecule has 0 spiro atoms. The van der Waals surface area contributed by atoms with E-state index in [1.165, 1.54) is 0 Å². The first-order chi connectivity index (χ1) is 15.4. The SMILES string of the molecule is Cc1cc2nc(SOC(=O)C(CC(=O)O)(c3ccccc3)c3ccccc3)[nH]c2cc1C. The predicted octanol–water partition coefficient (Wildman–Crippen LogP) is 5.19. The van der Waals surface area contributed by atoms with Crippen LogP contribution < -0.4 is 0 Å². The van der Waals surface area contributed by atoms with E-state index in [4.69, 9.17) is 4.18 Å². The summed E-state index contributed by atoms with van der Waals surface area (Å²) in [4.78, 5) is 33.1. The van der Waals surface area contributed by atoms with Gasteiger partial charge in [-0.2, -0.15) is 0 Å². The molecule has 0 amide bonds. The number of carbonyl (C=O) groups is 2. The molecule has 0 aliphatic carbocycles. The van der Waals surface area contributed by atoms with Crippen molar-refractivity contribution >= 4 is 35.0 Å². The maximum Gasteiger partial charge on any atom is 0.334 e. The van der Waals surface area contributed by atoms with Crippen molar-refractivity contribution in [2.75, 3.05) is 0 Å². The number of rotatable bonds is 7. The first kappa shape index (κ1) is 21.6. The number of carbonyl (C=O) groups excluding carboxylic acids is 1. The molecule has 7 heteroatoms. The number of carboxylic acid groups (broad SMARTS) is 1. The maximum absolute atomic E-state index is 13.6. The van der Waals surface area contributed by atoms with Gasteiger partial charge in [0.25, 0.3) is 0 Å².